The molecule has 0 aliphatic carbocycles. The van der Waals surface area contributed by atoms with Crippen molar-refractivity contribution in [2.75, 3.05) is 0 Å². The molecule has 2 heterocycles. The highest BCUT2D eigenvalue weighted by atomic mass is 16.1. The smallest absolute Gasteiger partial charge is 0.250 e. The standard InChI is InChI=1S/C10H7N3O/c1-13-9-4-2-7(6-11)12-8(9)3-5-10(13)14/h2-5H,1H3. The Morgan fingerprint density at radius 2 is 2.14 bits per heavy atom. The van der Waals surface area contributed by atoms with Gasteiger partial charge in [-0.25, -0.2) is 4.98 Å². The second kappa shape index (κ2) is 2.96. The van der Waals surface area contributed by atoms with Gasteiger partial charge in [0, 0.05) is 13.1 Å². The lowest BCUT2D eigenvalue weighted by Gasteiger charge is -2.02. The quantitative estimate of drug-likeness (QED) is 0.610. The Hall–Kier alpha value is -2.15. The van der Waals surface area contributed by atoms with E-state index in [1.165, 1.54) is 10.6 Å². The fourth-order valence-corrected chi connectivity index (χ4v) is 1.32. The van der Waals surface area contributed by atoms with E-state index in [9.17, 15) is 4.79 Å². The Kier molecular flexibility index (Phi) is 1.79. The van der Waals surface area contributed by atoms with E-state index in [1.807, 2.05) is 6.07 Å². The molecule has 2 aromatic heterocycles. The normalized spacial score (nSPS) is 10.0. The van der Waals surface area contributed by atoms with Gasteiger partial charge in [0.05, 0.1) is 11.0 Å². The van der Waals surface area contributed by atoms with Crippen molar-refractivity contribution in [2.45, 2.75) is 0 Å². The third-order valence-electron chi connectivity index (χ3n) is 2.09. The summed E-state index contributed by atoms with van der Waals surface area (Å²) in [6.07, 6.45) is 0. The van der Waals surface area contributed by atoms with E-state index in [0.717, 1.165) is 5.52 Å². The molecule has 0 amide bonds. The summed E-state index contributed by atoms with van der Waals surface area (Å²) >= 11 is 0. The van der Waals surface area contributed by atoms with E-state index in [4.69, 9.17) is 5.26 Å². The third-order valence-corrected chi connectivity index (χ3v) is 2.09. The molecule has 0 saturated heterocycles. The molecule has 0 aromatic carbocycles. The maximum absolute atomic E-state index is 11.3. The number of hydrogen-bond donors (Lipinski definition) is 0. The zero-order chi connectivity index (χ0) is 10.1. The minimum atomic E-state index is -0.0796. The monoisotopic (exact) mass is 185 g/mol. The van der Waals surface area contributed by atoms with E-state index in [2.05, 4.69) is 4.98 Å². The number of nitrogens with zero attached hydrogens (tertiary/aromatic N) is 3. The average Bonchev–Trinajstić information content (AvgIpc) is 2.23. The zero-order valence-corrected chi connectivity index (χ0v) is 7.56. The topological polar surface area (TPSA) is 58.7 Å². The summed E-state index contributed by atoms with van der Waals surface area (Å²) in [5.74, 6) is 0. The summed E-state index contributed by atoms with van der Waals surface area (Å²) in [5.41, 5.74) is 1.67. The fraction of sp³-hybridized carbons (Fsp3) is 0.100. The summed E-state index contributed by atoms with van der Waals surface area (Å²) in [5, 5.41) is 8.64. The van der Waals surface area contributed by atoms with Gasteiger partial charge in [-0.15, -0.1) is 0 Å². The van der Waals surface area contributed by atoms with Crippen molar-refractivity contribution in [2.24, 2.45) is 7.05 Å². The molecule has 0 bridgehead atoms. The number of aromatic nitrogens is 2. The first kappa shape index (κ1) is 8.45. The van der Waals surface area contributed by atoms with Crippen molar-refractivity contribution >= 4 is 11.0 Å². The lowest BCUT2D eigenvalue weighted by Crippen LogP contribution is -2.15. The van der Waals surface area contributed by atoms with Gasteiger partial charge in [0.15, 0.2) is 0 Å². The number of nitriles is 1. The summed E-state index contributed by atoms with van der Waals surface area (Å²) in [6, 6.07) is 8.34. The van der Waals surface area contributed by atoms with E-state index in [-0.39, 0.29) is 5.56 Å². The van der Waals surface area contributed by atoms with Gasteiger partial charge in [0.1, 0.15) is 11.8 Å². The molecular weight excluding hydrogens is 178 g/mol. The van der Waals surface area contributed by atoms with Crippen molar-refractivity contribution in [3.05, 3.63) is 40.3 Å². The number of aryl methyl sites for hydroxylation is 1. The van der Waals surface area contributed by atoms with Gasteiger partial charge in [-0.3, -0.25) is 4.79 Å². The summed E-state index contributed by atoms with van der Waals surface area (Å²) in [6.45, 7) is 0. The lowest BCUT2D eigenvalue weighted by atomic mass is 10.3. The largest absolute Gasteiger partial charge is 0.310 e. The van der Waals surface area contributed by atoms with Gasteiger partial charge in [-0.05, 0) is 18.2 Å². The van der Waals surface area contributed by atoms with Crippen LogP contribution in [0.25, 0.3) is 11.0 Å². The van der Waals surface area contributed by atoms with E-state index < -0.39 is 0 Å². The maximum Gasteiger partial charge on any atom is 0.250 e. The molecule has 0 N–H and O–H groups in total. The van der Waals surface area contributed by atoms with Crippen LogP contribution in [-0.2, 0) is 7.05 Å². The van der Waals surface area contributed by atoms with E-state index in [1.54, 1.807) is 25.2 Å². The predicted molar refractivity (Wildman–Crippen MR) is 51.7 cm³/mol. The number of pyridine rings is 2. The van der Waals surface area contributed by atoms with Crippen LogP contribution in [-0.4, -0.2) is 9.55 Å². The second-order valence-electron chi connectivity index (χ2n) is 2.94. The highest BCUT2D eigenvalue weighted by molar-refractivity contribution is 5.74. The van der Waals surface area contributed by atoms with Crippen LogP contribution in [0, 0.1) is 11.3 Å². The Labute approximate surface area is 80.0 Å². The summed E-state index contributed by atoms with van der Waals surface area (Å²) < 4.78 is 1.50. The van der Waals surface area contributed by atoms with Crippen LogP contribution in [0.5, 0.6) is 0 Å². The highest BCUT2D eigenvalue weighted by Gasteiger charge is 2.00. The van der Waals surface area contributed by atoms with Crippen molar-refractivity contribution in [3.63, 3.8) is 0 Å². The molecule has 0 aliphatic rings. The molecule has 0 unspecified atom stereocenters. The van der Waals surface area contributed by atoms with E-state index >= 15 is 0 Å². The SMILES string of the molecule is Cn1c(=O)ccc2nc(C#N)ccc21. The summed E-state index contributed by atoms with van der Waals surface area (Å²) in [7, 11) is 1.68. The van der Waals surface area contributed by atoms with Crippen LogP contribution in [0.15, 0.2) is 29.1 Å². The Morgan fingerprint density at radius 1 is 1.36 bits per heavy atom. The van der Waals surface area contributed by atoms with Gasteiger partial charge >= 0.3 is 0 Å². The number of hydrogen-bond acceptors (Lipinski definition) is 3. The van der Waals surface area contributed by atoms with Gasteiger partial charge in [-0.1, -0.05) is 0 Å². The Balaban J connectivity index is 2.89. The molecule has 14 heavy (non-hydrogen) atoms. The van der Waals surface area contributed by atoms with Crippen LogP contribution in [0.1, 0.15) is 5.69 Å². The van der Waals surface area contributed by atoms with Crippen LogP contribution < -0.4 is 5.56 Å². The molecule has 4 heteroatoms. The van der Waals surface area contributed by atoms with Gasteiger partial charge < -0.3 is 4.57 Å². The molecule has 0 aliphatic heterocycles. The minimum Gasteiger partial charge on any atom is -0.310 e. The molecule has 0 saturated carbocycles. The molecule has 4 nitrogen and oxygen atoms in total. The molecule has 2 rings (SSSR count). The second-order valence-corrected chi connectivity index (χ2v) is 2.94. The highest BCUT2D eigenvalue weighted by Crippen LogP contribution is 2.08. The lowest BCUT2D eigenvalue weighted by molar-refractivity contribution is 0.903. The summed E-state index contributed by atoms with van der Waals surface area (Å²) in [4.78, 5) is 15.3. The minimum absolute atomic E-state index is 0.0796. The zero-order valence-electron chi connectivity index (χ0n) is 7.56. The number of fused-ring (bicyclic) bond motifs is 1. The maximum atomic E-state index is 11.3. The molecule has 0 fully saturated rings. The molecular formula is C10H7N3O. The molecule has 0 spiro atoms. The van der Waals surface area contributed by atoms with Crippen molar-refractivity contribution < 1.29 is 0 Å². The molecule has 0 atom stereocenters. The van der Waals surface area contributed by atoms with Crippen molar-refractivity contribution in [1.29, 1.82) is 5.26 Å². The first-order valence-electron chi connectivity index (χ1n) is 4.09. The fourth-order valence-electron chi connectivity index (χ4n) is 1.32. The first-order chi connectivity index (χ1) is 6.72. The van der Waals surface area contributed by atoms with Crippen LogP contribution in [0.4, 0.5) is 0 Å². The van der Waals surface area contributed by atoms with Crippen LogP contribution >= 0.6 is 0 Å². The Morgan fingerprint density at radius 3 is 2.86 bits per heavy atom. The third kappa shape index (κ3) is 1.15. The van der Waals surface area contributed by atoms with Gasteiger partial charge in [-0.2, -0.15) is 5.26 Å². The predicted octanol–water partition coefficient (Wildman–Crippen LogP) is 0.805. The average molecular weight is 185 g/mol. The first-order valence-corrected chi connectivity index (χ1v) is 4.09. The van der Waals surface area contributed by atoms with E-state index in [0.29, 0.717) is 11.2 Å². The van der Waals surface area contributed by atoms with Gasteiger partial charge in [0.25, 0.3) is 5.56 Å². The molecule has 2 aromatic rings. The van der Waals surface area contributed by atoms with Crippen molar-refractivity contribution in [1.82, 2.24) is 9.55 Å². The molecule has 68 valence electrons. The van der Waals surface area contributed by atoms with Crippen LogP contribution in [0.3, 0.4) is 0 Å². The number of rotatable bonds is 0. The van der Waals surface area contributed by atoms with Gasteiger partial charge in [0.2, 0.25) is 0 Å². The Bertz CT molecular complexity index is 592. The van der Waals surface area contributed by atoms with Crippen LogP contribution in [0.2, 0.25) is 0 Å². The van der Waals surface area contributed by atoms with Crippen molar-refractivity contribution in [3.8, 4) is 6.07 Å². The molecule has 0 radical (unpaired) electrons.